The van der Waals surface area contributed by atoms with E-state index in [1.807, 2.05) is 6.07 Å². The lowest BCUT2D eigenvalue weighted by Gasteiger charge is -2.12. The number of halogens is 1. The maximum atomic E-state index is 6.04. The second kappa shape index (κ2) is 3.97. The van der Waals surface area contributed by atoms with Crippen molar-refractivity contribution in [3.8, 4) is 0 Å². The number of nitrogens with two attached hydrogens (primary N) is 1. The van der Waals surface area contributed by atoms with Crippen LogP contribution in [-0.2, 0) is 6.54 Å². The summed E-state index contributed by atoms with van der Waals surface area (Å²) in [4.78, 5) is 0. The Kier molecular flexibility index (Phi) is 2.50. The van der Waals surface area contributed by atoms with Gasteiger partial charge in [0.05, 0.1) is 0 Å². The second-order valence-corrected chi connectivity index (χ2v) is 7.15. The summed E-state index contributed by atoms with van der Waals surface area (Å²) in [7, 11) is 0. The zero-order chi connectivity index (χ0) is 12.3. The summed E-state index contributed by atoms with van der Waals surface area (Å²) < 4.78 is 1.06. The van der Waals surface area contributed by atoms with Crippen molar-refractivity contribution in [2.24, 2.45) is 23.7 Å². The smallest absolute Gasteiger partial charge is 0.0370 e. The van der Waals surface area contributed by atoms with Gasteiger partial charge < -0.3 is 11.1 Å². The van der Waals surface area contributed by atoms with Gasteiger partial charge in [-0.25, -0.2) is 0 Å². The standard InChI is InChI=1S/C15H19BrN2/c16-11-4-3-10(12(17)6-11)7-18-15-13-8-1-2-9(5-8)14(13)15/h3-4,6,8-9,13-15,18H,1-2,5,7,17H2. The Morgan fingerprint density at radius 3 is 2.61 bits per heavy atom. The highest BCUT2D eigenvalue weighted by molar-refractivity contribution is 9.10. The molecule has 0 radical (unpaired) electrons. The third kappa shape index (κ3) is 1.64. The number of fused-ring (bicyclic) bond motifs is 5. The summed E-state index contributed by atoms with van der Waals surface area (Å²) in [6.45, 7) is 0.927. The maximum absolute atomic E-state index is 6.04. The van der Waals surface area contributed by atoms with Crippen LogP contribution in [0.1, 0.15) is 24.8 Å². The van der Waals surface area contributed by atoms with Crippen molar-refractivity contribution in [1.82, 2.24) is 5.32 Å². The highest BCUT2D eigenvalue weighted by atomic mass is 79.9. The number of benzene rings is 1. The molecule has 3 aliphatic carbocycles. The minimum Gasteiger partial charge on any atom is -0.398 e. The lowest BCUT2D eigenvalue weighted by Crippen LogP contribution is -2.22. The van der Waals surface area contributed by atoms with Crippen LogP contribution in [0.15, 0.2) is 22.7 Å². The van der Waals surface area contributed by atoms with E-state index in [2.05, 4.69) is 33.4 Å². The Balaban J connectivity index is 1.40. The molecule has 0 aliphatic heterocycles. The molecule has 3 aliphatic rings. The molecule has 1 aromatic carbocycles. The monoisotopic (exact) mass is 306 g/mol. The molecule has 4 rings (SSSR count). The third-order valence-electron chi connectivity index (χ3n) is 5.37. The van der Waals surface area contributed by atoms with Gasteiger partial charge in [0.2, 0.25) is 0 Å². The number of rotatable bonds is 3. The number of hydrogen-bond acceptors (Lipinski definition) is 2. The molecule has 0 heterocycles. The molecule has 4 unspecified atom stereocenters. The van der Waals surface area contributed by atoms with Crippen LogP contribution in [-0.4, -0.2) is 6.04 Å². The molecule has 2 bridgehead atoms. The summed E-state index contributed by atoms with van der Waals surface area (Å²) in [6, 6.07) is 6.98. The molecule has 1 aromatic rings. The van der Waals surface area contributed by atoms with Gasteiger partial charge in [-0.05, 0) is 60.6 Å². The summed E-state index contributed by atoms with van der Waals surface area (Å²) in [5, 5.41) is 3.74. The number of hydrogen-bond donors (Lipinski definition) is 2. The first kappa shape index (κ1) is 11.3. The molecule has 3 fully saturated rings. The minimum atomic E-state index is 0.791. The van der Waals surface area contributed by atoms with E-state index < -0.39 is 0 Å². The van der Waals surface area contributed by atoms with Crippen LogP contribution in [0.5, 0.6) is 0 Å². The van der Waals surface area contributed by atoms with Crippen LogP contribution in [0.3, 0.4) is 0 Å². The Morgan fingerprint density at radius 1 is 1.22 bits per heavy atom. The van der Waals surface area contributed by atoms with E-state index in [9.17, 15) is 0 Å². The zero-order valence-electron chi connectivity index (χ0n) is 10.4. The Labute approximate surface area is 116 Å². The van der Waals surface area contributed by atoms with Gasteiger partial charge in [0.15, 0.2) is 0 Å². The van der Waals surface area contributed by atoms with Crippen LogP contribution < -0.4 is 11.1 Å². The quantitative estimate of drug-likeness (QED) is 0.842. The summed E-state index contributed by atoms with van der Waals surface area (Å²) in [5.41, 5.74) is 8.17. The van der Waals surface area contributed by atoms with E-state index in [0.29, 0.717) is 0 Å². The lowest BCUT2D eigenvalue weighted by atomic mass is 10.0. The van der Waals surface area contributed by atoms with Gasteiger partial charge in [0.25, 0.3) is 0 Å². The summed E-state index contributed by atoms with van der Waals surface area (Å²) in [5.74, 6) is 4.08. The van der Waals surface area contributed by atoms with E-state index in [1.165, 1.54) is 24.8 Å². The average Bonchev–Trinajstić information content (AvgIpc) is 2.75. The van der Waals surface area contributed by atoms with Crippen molar-refractivity contribution in [3.05, 3.63) is 28.2 Å². The average molecular weight is 307 g/mol. The Bertz CT molecular complexity index is 471. The molecule has 96 valence electrons. The van der Waals surface area contributed by atoms with Crippen molar-refractivity contribution in [1.29, 1.82) is 0 Å². The first-order valence-electron chi connectivity index (χ1n) is 7.01. The van der Waals surface area contributed by atoms with Gasteiger partial charge in [0, 0.05) is 22.7 Å². The number of nitrogens with one attached hydrogen (secondary N) is 1. The van der Waals surface area contributed by atoms with Gasteiger partial charge >= 0.3 is 0 Å². The van der Waals surface area contributed by atoms with Crippen LogP contribution in [0.2, 0.25) is 0 Å². The van der Waals surface area contributed by atoms with Gasteiger partial charge in [-0.2, -0.15) is 0 Å². The Hall–Kier alpha value is -0.540. The number of anilines is 1. The van der Waals surface area contributed by atoms with Gasteiger partial charge in [-0.1, -0.05) is 22.0 Å². The lowest BCUT2D eigenvalue weighted by molar-refractivity contribution is 0.456. The molecule has 4 atom stereocenters. The van der Waals surface area contributed by atoms with Crippen molar-refractivity contribution >= 4 is 21.6 Å². The molecule has 2 nitrogen and oxygen atoms in total. The molecule has 3 heteroatoms. The highest BCUT2D eigenvalue weighted by Crippen LogP contribution is 2.65. The number of nitrogen functional groups attached to an aromatic ring is 1. The molecule has 18 heavy (non-hydrogen) atoms. The largest absolute Gasteiger partial charge is 0.398 e. The van der Waals surface area contributed by atoms with Crippen LogP contribution in [0.25, 0.3) is 0 Å². The maximum Gasteiger partial charge on any atom is 0.0370 e. The van der Waals surface area contributed by atoms with Crippen LogP contribution >= 0.6 is 15.9 Å². The zero-order valence-corrected chi connectivity index (χ0v) is 12.0. The van der Waals surface area contributed by atoms with E-state index in [-0.39, 0.29) is 0 Å². The molecule has 0 aromatic heterocycles. The van der Waals surface area contributed by atoms with Gasteiger partial charge in [0.1, 0.15) is 0 Å². The molecule has 3 N–H and O–H groups in total. The first-order valence-corrected chi connectivity index (χ1v) is 7.80. The molecular weight excluding hydrogens is 288 g/mol. The van der Waals surface area contributed by atoms with E-state index in [4.69, 9.17) is 5.73 Å². The topological polar surface area (TPSA) is 38.0 Å². The second-order valence-electron chi connectivity index (χ2n) is 6.24. The predicted molar refractivity (Wildman–Crippen MR) is 77.0 cm³/mol. The SMILES string of the molecule is Nc1cc(Br)ccc1CNC1C2C3CCC(C3)C12. The van der Waals surface area contributed by atoms with E-state index >= 15 is 0 Å². The van der Waals surface area contributed by atoms with Crippen molar-refractivity contribution in [3.63, 3.8) is 0 Å². The van der Waals surface area contributed by atoms with E-state index in [1.54, 1.807) is 0 Å². The fourth-order valence-corrected chi connectivity index (χ4v) is 4.93. The first-order chi connectivity index (χ1) is 8.74. The fraction of sp³-hybridized carbons (Fsp3) is 0.600. The highest BCUT2D eigenvalue weighted by Gasteiger charge is 2.64. The van der Waals surface area contributed by atoms with Gasteiger partial charge in [-0.15, -0.1) is 0 Å². The normalized spacial score (nSPS) is 39.9. The molecular formula is C15H19BrN2. The molecule has 0 spiro atoms. The third-order valence-corrected chi connectivity index (χ3v) is 5.86. The van der Waals surface area contributed by atoms with Crippen molar-refractivity contribution < 1.29 is 0 Å². The van der Waals surface area contributed by atoms with Crippen LogP contribution in [0, 0.1) is 23.7 Å². The predicted octanol–water partition coefficient (Wildman–Crippen LogP) is 3.17. The fourth-order valence-electron chi connectivity index (χ4n) is 4.55. The summed E-state index contributed by atoms with van der Waals surface area (Å²) >= 11 is 3.45. The molecule has 0 saturated heterocycles. The van der Waals surface area contributed by atoms with Crippen molar-refractivity contribution in [2.45, 2.75) is 31.8 Å². The van der Waals surface area contributed by atoms with E-state index in [0.717, 1.165) is 46.4 Å². The minimum absolute atomic E-state index is 0.791. The van der Waals surface area contributed by atoms with Gasteiger partial charge in [-0.3, -0.25) is 0 Å². The Morgan fingerprint density at radius 2 is 1.94 bits per heavy atom. The molecule has 3 saturated carbocycles. The van der Waals surface area contributed by atoms with Crippen LogP contribution in [0.4, 0.5) is 5.69 Å². The van der Waals surface area contributed by atoms with Crippen molar-refractivity contribution in [2.75, 3.05) is 5.73 Å². The molecule has 0 amide bonds. The summed E-state index contributed by atoms with van der Waals surface area (Å²) in [6.07, 6.45) is 4.50.